The van der Waals surface area contributed by atoms with Gasteiger partial charge in [0.2, 0.25) is 15.9 Å². The lowest BCUT2D eigenvalue weighted by Gasteiger charge is -2.26. The second-order valence-corrected chi connectivity index (χ2v) is 10.2. The van der Waals surface area contributed by atoms with Crippen molar-refractivity contribution in [2.45, 2.75) is 45.1 Å². The summed E-state index contributed by atoms with van der Waals surface area (Å²) in [4.78, 5) is 12.9. The lowest BCUT2D eigenvalue weighted by atomic mass is 9.89. The molecule has 0 saturated heterocycles. The zero-order chi connectivity index (χ0) is 22.6. The van der Waals surface area contributed by atoms with Crippen LogP contribution in [0.1, 0.15) is 48.9 Å². The Labute approximate surface area is 189 Å². The molecule has 0 aliphatic heterocycles. The van der Waals surface area contributed by atoms with Crippen molar-refractivity contribution in [1.29, 1.82) is 0 Å². The van der Waals surface area contributed by atoms with Crippen molar-refractivity contribution in [3.05, 3.63) is 58.1 Å². The minimum absolute atomic E-state index is 0.192. The fourth-order valence-corrected chi connectivity index (χ4v) is 5.02. The molecule has 0 fully saturated rings. The molecule has 1 amide bonds. The number of benzene rings is 2. The van der Waals surface area contributed by atoms with Crippen LogP contribution in [0.5, 0.6) is 5.75 Å². The van der Waals surface area contributed by atoms with E-state index in [0.717, 1.165) is 29.0 Å². The molecule has 0 heterocycles. The van der Waals surface area contributed by atoms with Crippen LogP contribution in [-0.2, 0) is 27.7 Å². The molecule has 0 saturated carbocycles. The number of carbonyl (C=O) groups excluding carboxylic acids is 1. The number of nitrogens with one attached hydrogen (secondary N) is 1. The zero-order valence-corrected chi connectivity index (χ0v) is 19.7. The van der Waals surface area contributed by atoms with E-state index in [0.29, 0.717) is 17.2 Å². The SMILES string of the molecule is CCC(NC(=O)CN(c1cc(Cl)ccc1OC)S(C)(=O)=O)c1ccc2c(c1)CCCC2. The van der Waals surface area contributed by atoms with Crippen LogP contribution in [0.15, 0.2) is 36.4 Å². The molecule has 1 unspecified atom stereocenters. The van der Waals surface area contributed by atoms with E-state index in [1.54, 1.807) is 12.1 Å². The zero-order valence-electron chi connectivity index (χ0n) is 18.2. The van der Waals surface area contributed by atoms with E-state index in [-0.39, 0.29) is 18.3 Å². The van der Waals surface area contributed by atoms with Gasteiger partial charge in [0.1, 0.15) is 12.3 Å². The Bertz CT molecular complexity index is 1060. The smallest absolute Gasteiger partial charge is 0.241 e. The summed E-state index contributed by atoms with van der Waals surface area (Å²) in [6, 6.07) is 10.9. The minimum atomic E-state index is -3.75. The van der Waals surface area contributed by atoms with E-state index in [1.165, 1.54) is 37.1 Å². The summed E-state index contributed by atoms with van der Waals surface area (Å²) in [5, 5.41) is 3.35. The fraction of sp³-hybridized carbons (Fsp3) is 0.435. The molecular formula is C23H29ClN2O4S. The third kappa shape index (κ3) is 5.71. The summed E-state index contributed by atoms with van der Waals surface area (Å²) in [5.41, 5.74) is 4.00. The largest absolute Gasteiger partial charge is 0.495 e. The second-order valence-electron chi connectivity index (χ2n) is 7.85. The van der Waals surface area contributed by atoms with Gasteiger partial charge in [0.25, 0.3) is 0 Å². The summed E-state index contributed by atoms with van der Waals surface area (Å²) in [5.74, 6) is -0.0682. The van der Waals surface area contributed by atoms with E-state index in [1.807, 2.05) is 6.92 Å². The molecule has 8 heteroatoms. The van der Waals surface area contributed by atoms with Crippen molar-refractivity contribution in [3.63, 3.8) is 0 Å². The first-order chi connectivity index (χ1) is 14.7. The molecule has 0 spiro atoms. The number of methoxy groups -OCH3 is 1. The number of carbonyl (C=O) groups is 1. The molecule has 2 aromatic rings. The first kappa shape index (κ1) is 23.4. The standard InChI is InChI=1S/C23H29ClN2O4S/c1-4-20(18-10-9-16-7-5-6-8-17(16)13-18)25-23(27)15-26(31(3,28)29)21-14-19(24)11-12-22(21)30-2/h9-14,20H,4-8,15H2,1-3H3,(H,25,27). The van der Waals surface area contributed by atoms with Crippen molar-refractivity contribution >= 4 is 33.2 Å². The normalized spacial score (nSPS) is 14.5. The highest BCUT2D eigenvalue weighted by molar-refractivity contribution is 7.92. The Balaban J connectivity index is 1.81. The quantitative estimate of drug-likeness (QED) is 0.633. The Morgan fingerprint density at radius 3 is 2.52 bits per heavy atom. The van der Waals surface area contributed by atoms with Crippen LogP contribution in [0.25, 0.3) is 0 Å². The average molecular weight is 465 g/mol. The van der Waals surface area contributed by atoms with Gasteiger partial charge in [-0.25, -0.2) is 8.42 Å². The summed E-state index contributed by atoms with van der Waals surface area (Å²) in [6.07, 6.45) is 6.32. The number of nitrogens with zero attached hydrogens (tertiary/aromatic N) is 1. The van der Waals surface area contributed by atoms with Gasteiger partial charge in [0.15, 0.2) is 0 Å². The summed E-state index contributed by atoms with van der Waals surface area (Å²) in [6.45, 7) is 1.63. The number of sulfonamides is 1. The molecule has 31 heavy (non-hydrogen) atoms. The van der Waals surface area contributed by atoms with Crippen LogP contribution in [0.4, 0.5) is 5.69 Å². The number of amides is 1. The van der Waals surface area contributed by atoms with Gasteiger partial charge in [-0.1, -0.05) is 36.7 Å². The monoisotopic (exact) mass is 464 g/mol. The number of ether oxygens (including phenoxy) is 1. The third-order valence-corrected chi connectivity index (χ3v) is 6.98. The van der Waals surface area contributed by atoms with Crippen LogP contribution in [-0.4, -0.2) is 34.2 Å². The average Bonchev–Trinajstić information content (AvgIpc) is 2.74. The summed E-state index contributed by atoms with van der Waals surface area (Å²) >= 11 is 6.07. The first-order valence-corrected chi connectivity index (χ1v) is 12.7. The Morgan fingerprint density at radius 2 is 1.87 bits per heavy atom. The van der Waals surface area contributed by atoms with Gasteiger partial charge in [-0.15, -0.1) is 0 Å². The van der Waals surface area contributed by atoms with Crippen LogP contribution >= 0.6 is 11.6 Å². The molecule has 0 bridgehead atoms. The molecule has 1 atom stereocenters. The molecule has 1 N–H and O–H groups in total. The number of halogens is 1. The van der Waals surface area contributed by atoms with Crippen molar-refractivity contribution in [2.75, 3.05) is 24.2 Å². The second kappa shape index (κ2) is 9.92. The summed E-state index contributed by atoms with van der Waals surface area (Å²) in [7, 11) is -2.31. The van der Waals surface area contributed by atoms with E-state index in [9.17, 15) is 13.2 Å². The predicted octanol–water partition coefficient (Wildman–Crippen LogP) is 4.26. The molecular weight excluding hydrogens is 436 g/mol. The highest BCUT2D eigenvalue weighted by atomic mass is 35.5. The van der Waals surface area contributed by atoms with Gasteiger partial charge in [0.05, 0.1) is 25.1 Å². The van der Waals surface area contributed by atoms with Crippen LogP contribution in [0.3, 0.4) is 0 Å². The van der Waals surface area contributed by atoms with Gasteiger partial charge in [-0.3, -0.25) is 9.10 Å². The molecule has 1 aliphatic carbocycles. The maximum atomic E-state index is 12.9. The van der Waals surface area contributed by atoms with E-state index in [2.05, 4.69) is 23.5 Å². The highest BCUT2D eigenvalue weighted by Crippen LogP contribution is 2.33. The van der Waals surface area contributed by atoms with Gasteiger partial charge in [-0.05, 0) is 67.0 Å². The Morgan fingerprint density at radius 1 is 1.16 bits per heavy atom. The maximum absolute atomic E-state index is 12.9. The van der Waals surface area contributed by atoms with Crippen LogP contribution in [0, 0.1) is 0 Å². The molecule has 2 aromatic carbocycles. The molecule has 1 aliphatic rings. The van der Waals surface area contributed by atoms with Gasteiger partial charge in [0, 0.05) is 5.02 Å². The number of aryl methyl sites for hydroxylation is 2. The lowest BCUT2D eigenvalue weighted by molar-refractivity contribution is -0.120. The maximum Gasteiger partial charge on any atom is 0.241 e. The van der Waals surface area contributed by atoms with E-state index >= 15 is 0 Å². The molecule has 6 nitrogen and oxygen atoms in total. The van der Waals surface area contributed by atoms with E-state index in [4.69, 9.17) is 16.3 Å². The molecule has 168 valence electrons. The van der Waals surface area contributed by atoms with E-state index < -0.39 is 15.9 Å². The van der Waals surface area contributed by atoms with Gasteiger partial charge in [-0.2, -0.15) is 0 Å². The third-order valence-electron chi connectivity index (χ3n) is 5.62. The van der Waals surface area contributed by atoms with Crippen molar-refractivity contribution < 1.29 is 17.9 Å². The number of fused-ring (bicyclic) bond motifs is 1. The highest BCUT2D eigenvalue weighted by Gasteiger charge is 2.25. The Hall–Kier alpha value is -2.25. The number of hydrogen-bond acceptors (Lipinski definition) is 4. The Kier molecular flexibility index (Phi) is 7.49. The number of hydrogen-bond donors (Lipinski definition) is 1. The minimum Gasteiger partial charge on any atom is -0.495 e. The number of rotatable bonds is 8. The molecule has 3 rings (SSSR count). The van der Waals surface area contributed by atoms with Crippen LogP contribution in [0.2, 0.25) is 5.02 Å². The van der Waals surface area contributed by atoms with Gasteiger partial charge >= 0.3 is 0 Å². The number of anilines is 1. The molecule has 0 radical (unpaired) electrons. The predicted molar refractivity (Wildman–Crippen MR) is 124 cm³/mol. The van der Waals surface area contributed by atoms with Crippen LogP contribution < -0.4 is 14.4 Å². The van der Waals surface area contributed by atoms with Crippen molar-refractivity contribution in [2.24, 2.45) is 0 Å². The topological polar surface area (TPSA) is 75.7 Å². The lowest BCUT2D eigenvalue weighted by Crippen LogP contribution is -2.41. The fourth-order valence-electron chi connectivity index (χ4n) is 4.00. The van der Waals surface area contributed by atoms with Crippen molar-refractivity contribution in [1.82, 2.24) is 5.32 Å². The molecule has 0 aromatic heterocycles. The first-order valence-electron chi connectivity index (χ1n) is 10.4. The van der Waals surface area contributed by atoms with Gasteiger partial charge < -0.3 is 10.1 Å². The summed E-state index contributed by atoms with van der Waals surface area (Å²) < 4.78 is 31.3. The van der Waals surface area contributed by atoms with Crippen molar-refractivity contribution in [3.8, 4) is 5.75 Å².